The number of benzene rings is 1. The van der Waals surface area contributed by atoms with E-state index in [0.29, 0.717) is 13.0 Å². The van der Waals surface area contributed by atoms with Crippen molar-refractivity contribution in [2.24, 2.45) is 0 Å². The van der Waals surface area contributed by atoms with Crippen LogP contribution in [0.5, 0.6) is 0 Å². The topological polar surface area (TPSA) is 41.4 Å². The molecule has 0 bridgehead atoms. The zero-order valence-electron chi connectivity index (χ0n) is 12.9. The molecule has 0 saturated carbocycles. The SMILES string of the molecule is CN1CCN(C(=O)CCn2ccnc2)C[C@@H]1c1ccccc1. The average Bonchev–Trinajstić information content (AvgIpc) is 3.07. The number of rotatable bonds is 4. The van der Waals surface area contributed by atoms with Gasteiger partial charge in [-0.15, -0.1) is 0 Å². The summed E-state index contributed by atoms with van der Waals surface area (Å²) in [6, 6.07) is 10.7. The predicted octanol–water partition coefficient (Wildman–Crippen LogP) is 1.79. The quantitative estimate of drug-likeness (QED) is 0.864. The molecule has 5 nitrogen and oxygen atoms in total. The predicted molar refractivity (Wildman–Crippen MR) is 85.2 cm³/mol. The summed E-state index contributed by atoms with van der Waals surface area (Å²) in [4.78, 5) is 20.8. The van der Waals surface area contributed by atoms with Crippen LogP contribution in [-0.2, 0) is 11.3 Å². The Morgan fingerprint density at radius 1 is 1.27 bits per heavy atom. The van der Waals surface area contributed by atoms with Gasteiger partial charge in [0.25, 0.3) is 0 Å². The molecule has 1 amide bonds. The Balaban J connectivity index is 1.61. The number of hydrogen-bond donors (Lipinski definition) is 0. The summed E-state index contributed by atoms with van der Waals surface area (Å²) in [7, 11) is 2.13. The first-order valence-electron chi connectivity index (χ1n) is 7.73. The van der Waals surface area contributed by atoms with E-state index < -0.39 is 0 Å². The lowest BCUT2D eigenvalue weighted by molar-refractivity contribution is -0.134. The normalized spacial score (nSPS) is 19.3. The van der Waals surface area contributed by atoms with E-state index in [2.05, 4.69) is 41.2 Å². The van der Waals surface area contributed by atoms with Crippen LogP contribution in [0.25, 0.3) is 0 Å². The standard InChI is InChI=1S/C17H22N4O/c1-19-11-12-21(13-16(19)15-5-3-2-4-6-15)17(22)7-9-20-10-8-18-14-20/h2-6,8,10,14,16H,7,9,11-13H2,1H3/t16-/m1/s1. The molecule has 1 atom stereocenters. The molecule has 1 saturated heterocycles. The van der Waals surface area contributed by atoms with Crippen molar-refractivity contribution in [1.29, 1.82) is 0 Å². The fourth-order valence-corrected chi connectivity index (χ4v) is 2.94. The molecule has 1 aliphatic rings. The summed E-state index contributed by atoms with van der Waals surface area (Å²) in [6.45, 7) is 3.18. The van der Waals surface area contributed by atoms with Crippen LogP contribution in [0.3, 0.4) is 0 Å². The number of hydrogen-bond acceptors (Lipinski definition) is 3. The maximum atomic E-state index is 12.5. The zero-order chi connectivity index (χ0) is 15.4. The highest BCUT2D eigenvalue weighted by Gasteiger charge is 2.27. The van der Waals surface area contributed by atoms with E-state index in [1.807, 2.05) is 21.7 Å². The minimum Gasteiger partial charge on any atom is -0.339 e. The van der Waals surface area contributed by atoms with Gasteiger partial charge < -0.3 is 9.47 Å². The van der Waals surface area contributed by atoms with Crippen molar-refractivity contribution in [3.8, 4) is 0 Å². The van der Waals surface area contributed by atoms with E-state index in [1.54, 1.807) is 12.5 Å². The van der Waals surface area contributed by atoms with Gasteiger partial charge in [0.1, 0.15) is 0 Å². The number of piperazine rings is 1. The van der Waals surface area contributed by atoms with E-state index in [4.69, 9.17) is 0 Å². The highest BCUT2D eigenvalue weighted by molar-refractivity contribution is 5.76. The van der Waals surface area contributed by atoms with Crippen molar-refractivity contribution < 1.29 is 4.79 Å². The van der Waals surface area contributed by atoms with Gasteiger partial charge in [-0.2, -0.15) is 0 Å². The van der Waals surface area contributed by atoms with E-state index in [9.17, 15) is 4.79 Å². The molecule has 22 heavy (non-hydrogen) atoms. The molecule has 5 heteroatoms. The number of carbonyl (C=O) groups is 1. The molecule has 1 aromatic carbocycles. The van der Waals surface area contributed by atoms with Crippen LogP contribution in [-0.4, -0.2) is 51.9 Å². The molecule has 116 valence electrons. The lowest BCUT2D eigenvalue weighted by atomic mass is 10.0. The molecule has 1 aliphatic heterocycles. The monoisotopic (exact) mass is 298 g/mol. The first kappa shape index (κ1) is 14.8. The fourth-order valence-electron chi connectivity index (χ4n) is 2.94. The smallest absolute Gasteiger partial charge is 0.224 e. The number of likely N-dealkylation sites (N-methyl/N-ethyl adjacent to an activating group) is 1. The van der Waals surface area contributed by atoms with Gasteiger partial charge in [0.15, 0.2) is 0 Å². The van der Waals surface area contributed by atoms with E-state index in [1.165, 1.54) is 5.56 Å². The molecule has 1 fully saturated rings. The average molecular weight is 298 g/mol. The van der Waals surface area contributed by atoms with E-state index in [0.717, 1.165) is 19.6 Å². The van der Waals surface area contributed by atoms with Gasteiger partial charge in [-0.05, 0) is 12.6 Å². The Kier molecular flexibility index (Phi) is 4.53. The Morgan fingerprint density at radius 3 is 2.82 bits per heavy atom. The summed E-state index contributed by atoms with van der Waals surface area (Å²) < 4.78 is 1.95. The van der Waals surface area contributed by atoms with Crippen molar-refractivity contribution in [3.63, 3.8) is 0 Å². The Morgan fingerprint density at radius 2 is 2.09 bits per heavy atom. The summed E-state index contributed by atoms with van der Waals surface area (Å²) >= 11 is 0. The Labute approximate surface area is 131 Å². The second-order valence-corrected chi connectivity index (χ2v) is 5.80. The highest BCUT2D eigenvalue weighted by Crippen LogP contribution is 2.24. The number of aromatic nitrogens is 2. The Bertz CT molecular complexity index is 596. The number of carbonyl (C=O) groups excluding carboxylic acids is 1. The zero-order valence-corrected chi connectivity index (χ0v) is 12.9. The molecule has 1 aromatic heterocycles. The largest absolute Gasteiger partial charge is 0.339 e. The van der Waals surface area contributed by atoms with Gasteiger partial charge in [-0.3, -0.25) is 9.69 Å². The maximum Gasteiger partial charge on any atom is 0.224 e. The first-order chi connectivity index (χ1) is 10.7. The molecule has 0 spiro atoms. The van der Waals surface area contributed by atoms with Crippen molar-refractivity contribution >= 4 is 5.91 Å². The molecular formula is C17H22N4O. The lowest BCUT2D eigenvalue weighted by Gasteiger charge is -2.39. The molecule has 2 heterocycles. The maximum absolute atomic E-state index is 12.5. The third-order valence-electron chi connectivity index (χ3n) is 4.33. The molecule has 0 unspecified atom stereocenters. The third kappa shape index (κ3) is 3.36. The number of nitrogens with zero attached hydrogens (tertiary/aromatic N) is 4. The second kappa shape index (κ2) is 6.75. The summed E-state index contributed by atoms with van der Waals surface area (Å²) in [5.41, 5.74) is 1.28. The number of aryl methyl sites for hydroxylation is 1. The molecular weight excluding hydrogens is 276 g/mol. The van der Waals surface area contributed by atoms with Gasteiger partial charge in [0, 0.05) is 45.0 Å². The van der Waals surface area contributed by atoms with Crippen LogP contribution in [0.1, 0.15) is 18.0 Å². The molecule has 0 radical (unpaired) electrons. The van der Waals surface area contributed by atoms with Crippen LogP contribution in [0.4, 0.5) is 0 Å². The summed E-state index contributed by atoms with van der Waals surface area (Å²) in [6.07, 6.45) is 5.92. The van der Waals surface area contributed by atoms with Crippen LogP contribution in [0.2, 0.25) is 0 Å². The molecule has 0 aliphatic carbocycles. The van der Waals surface area contributed by atoms with Crippen LogP contribution in [0, 0.1) is 0 Å². The van der Waals surface area contributed by atoms with Crippen LogP contribution in [0.15, 0.2) is 49.1 Å². The summed E-state index contributed by atoms with van der Waals surface area (Å²) in [5.74, 6) is 0.225. The second-order valence-electron chi connectivity index (χ2n) is 5.80. The van der Waals surface area contributed by atoms with Crippen molar-refractivity contribution in [3.05, 3.63) is 54.6 Å². The molecule has 2 aromatic rings. The van der Waals surface area contributed by atoms with Crippen molar-refractivity contribution in [2.45, 2.75) is 19.0 Å². The van der Waals surface area contributed by atoms with Gasteiger partial charge >= 0.3 is 0 Å². The van der Waals surface area contributed by atoms with Gasteiger partial charge in [-0.25, -0.2) is 4.98 Å². The summed E-state index contributed by atoms with van der Waals surface area (Å²) in [5, 5.41) is 0. The minimum atomic E-state index is 0.225. The van der Waals surface area contributed by atoms with Gasteiger partial charge in [-0.1, -0.05) is 30.3 Å². The fraction of sp³-hybridized carbons (Fsp3) is 0.412. The van der Waals surface area contributed by atoms with Crippen molar-refractivity contribution in [1.82, 2.24) is 19.4 Å². The first-order valence-corrected chi connectivity index (χ1v) is 7.73. The van der Waals surface area contributed by atoms with Gasteiger partial charge in [0.05, 0.1) is 12.4 Å². The lowest BCUT2D eigenvalue weighted by Crippen LogP contribution is -2.49. The van der Waals surface area contributed by atoms with Gasteiger partial charge in [0.2, 0.25) is 5.91 Å². The van der Waals surface area contributed by atoms with Crippen LogP contribution >= 0.6 is 0 Å². The number of amides is 1. The number of imidazole rings is 1. The van der Waals surface area contributed by atoms with E-state index in [-0.39, 0.29) is 11.9 Å². The third-order valence-corrected chi connectivity index (χ3v) is 4.33. The van der Waals surface area contributed by atoms with Crippen molar-refractivity contribution in [2.75, 3.05) is 26.7 Å². The molecule has 0 N–H and O–H groups in total. The van der Waals surface area contributed by atoms with E-state index >= 15 is 0 Å². The Hall–Kier alpha value is -2.14. The van der Waals surface area contributed by atoms with Crippen LogP contribution < -0.4 is 0 Å². The molecule has 3 rings (SSSR count). The minimum absolute atomic E-state index is 0.225. The highest BCUT2D eigenvalue weighted by atomic mass is 16.2.